The molecular formula is C16H19BrN2O2. The van der Waals surface area contributed by atoms with Gasteiger partial charge in [-0.25, -0.2) is 0 Å². The molecule has 4 nitrogen and oxygen atoms in total. The maximum Gasteiger partial charge on any atom is 0.307 e. The van der Waals surface area contributed by atoms with Crippen LogP contribution in [0.3, 0.4) is 0 Å². The Morgan fingerprint density at radius 2 is 2.19 bits per heavy atom. The molecule has 0 aliphatic heterocycles. The first-order valence-electron chi connectivity index (χ1n) is 7.00. The van der Waals surface area contributed by atoms with E-state index < -0.39 is 5.97 Å². The molecule has 0 saturated heterocycles. The van der Waals surface area contributed by atoms with E-state index in [-0.39, 0.29) is 5.92 Å². The summed E-state index contributed by atoms with van der Waals surface area (Å²) in [5, 5.41) is 10.1. The van der Waals surface area contributed by atoms with Crippen molar-refractivity contribution in [3.63, 3.8) is 0 Å². The van der Waals surface area contributed by atoms with Gasteiger partial charge in [-0.2, -0.15) is 0 Å². The van der Waals surface area contributed by atoms with Crippen molar-refractivity contribution < 1.29 is 9.90 Å². The Morgan fingerprint density at radius 1 is 1.43 bits per heavy atom. The lowest BCUT2D eigenvalue weighted by Crippen LogP contribution is -2.31. The van der Waals surface area contributed by atoms with Crippen LogP contribution in [0.5, 0.6) is 0 Å². The third-order valence-electron chi connectivity index (χ3n) is 3.59. The Kier molecular flexibility index (Phi) is 5.31. The molecule has 1 N–H and O–H groups in total. The minimum Gasteiger partial charge on any atom is -0.481 e. The second-order valence-electron chi connectivity index (χ2n) is 5.17. The van der Waals surface area contributed by atoms with Crippen LogP contribution in [0.2, 0.25) is 0 Å². The maximum atomic E-state index is 11.0. The molecule has 0 aliphatic rings. The summed E-state index contributed by atoms with van der Waals surface area (Å²) in [6, 6.07) is 8.02. The molecule has 0 aliphatic carbocycles. The number of fused-ring (bicyclic) bond motifs is 1. The van der Waals surface area contributed by atoms with Crippen LogP contribution in [0, 0.1) is 5.92 Å². The van der Waals surface area contributed by atoms with Crippen molar-refractivity contribution in [3.8, 4) is 0 Å². The van der Waals surface area contributed by atoms with Gasteiger partial charge in [0, 0.05) is 29.1 Å². The number of aliphatic carboxylic acids is 1. The van der Waals surface area contributed by atoms with E-state index in [0.29, 0.717) is 13.1 Å². The summed E-state index contributed by atoms with van der Waals surface area (Å²) in [6.07, 6.45) is 1.79. The molecule has 0 spiro atoms. The van der Waals surface area contributed by atoms with Gasteiger partial charge in [0.05, 0.1) is 11.4 Å². The number of rotatable bonds is 6. The number of carbonyl (C=O) groups is 1. The van der Waals surface area contributed by atoms with Crippen LogP contribution >= 0.6 is 15.9 Å². The number of halogens is 1. The van der Waals surface area contributed by atoms with Gasteiger partial charge in [-0.15, -0.1) is 0 Å². The van der Waals surface area contributed by atoms with Crippen LogP contribution < -0.4 is 0 Å². The van der Waals surface area contributed by atoms with Crippen molar-refractivity contribution in [1.82, 2.24) is 9.88 Å². The fourth-order valence-electron chi connectivity index (χ4n) is 2.34. The van der Waals surface area contributed by atoms with Crippen LogP contribution in [0.1, 0.15) is 19.4 Å². The second-order valence-corrected chi connectivity index (χ2v) is 6.03. The number of benzene rings is 1. The van der Waals surface area contributed by atoms with Crippen LogP contribution in [0.4, 0.5) is 0 Å². The molecule has 0 radical (unpaired) electrons. The minimum atomic E-state index is -0.757. The standard InChI is InChI=1S/C16H19BrN2O2/c1-3-19(9-11(2)16(20)21)10-12-6-7-14(17)13-5-4-8-18-15(12)13/h4-8,11H,3,9-10H2,1-2H3,(H,20,21). The summed E-state index contributed by atoms with van der Waals surface area (Å²) in [5.41, 5.74) is 2.08. The minimum absolute atomic E-state index is 0.375. The van der Waals surface area contributed by atoms with E-state index in [1.807, 2.05) is 31.2 Å². The highest BCUT2D eigenvalue weighted by molar-refractivity contribution is 9.10. The van der Waals surface area contributed by atoms with E-state index in [9.17, 15) is 4.79 Å². The number of aromatic nitrogens is 1. The lowest BCUT2D eigenvalue weighted by atomic mass is 10.1. The summed E-state index contributed by atoms with van der Waals surface area (Å²) in [7, 11) is 0. The summed E-state index contributed by atoms with van der Waals surface area (Å²) >= 11 is 3.54. The zero-order chi connectivity index (χ0) is 15.4. The van der Waals surface area contributed by atoms with Crippen LogP contribution in [-0.2, 0) is 11.3 Å². The lowest BCUT2D eigenvalue weighted by molar-refractivity contribution is -0.141. The predicted octanol–water partition coefficient (Wildman–Crippen LogP) is 3.54. The van der Waals surface area contributed by atoms with Crippen molar-refractivity contribution in [1.29, 1.82) is 0 Å². The Balaban J connectivity index is 2.26. The first kappa shape index (κ1) is 15.9. The molecule has 2 rings (SSSR count). The van der Waals surface area contributed by atoms with E-state index >= 15 is 0 Å². The number of carboxylic acids is 1. The fraction of sp³-hybridized carbons (Fsp3) is 0.375. The average molecular weight is 351 g/mol. The summed E-state index contributed by atoms with van der Waals surface area (Å²) in [4.78, 5) is 17.6. The molecule has 1 aromatic carbocycles. The molecule has 1 unspecified atom stereocenters. The van der Waals surface area contributed by atoms with E-state index in [1.165, 1.54) is 0 Å². The third-order valence-corrected chi connectivity index (χ3v) is 4.29. The Hall–Kier alpha value is -1.46. The number of hydrogen-bond donors (Lipinski definition) is 1. The number of hydrogen-bond acceptors (Lipinski definition) is 3. The van der Waals surface area contributed by atoms with Gasteiger partial charge in [-0.1, -0.05) is 41.9 Å². The molecule has 1 heterocycles. The molecule has 5 heteroatoms. The molecule has 0 fully saturated rings. The van der Waals surface area contributed by atoms with Gasteiger partial charge < -0.3 is 5.11 Å². The average Bonchev–Trinajstić information content (AvgIpc) is 2.49. The topological polar surface area (TPSA) is 53.4 Å². The van der Waals surface area contributed by atoms with E-state index in [1.54, 1.807) is 13.1 Å². The molecule has 1 aromatic heterocycles. The van der Waals surface area contributed by atoms with Gasteiger partial charge in [-0.3, -0.25) is 14.7 Å². The smallest absolute Gasteiger partial charge is 0.307 e. The molecule has 112 valence electrons. The van der Waals surface area contributed by atoms with Gasteiger partial charge in [0.1, 0.15) is 0 Å². The van der Waals surface area contributed by atoms with Crippen LogP contribution in [-0.4, -0.2) is 34.0 Å². The van der Waals surface area contributed by atoms with Crippen molar-refractivity contribution in [2.24, 2.45) is 5.92 Å². The Morgan fingerprint density at radius 3 is 2.86 bits per heavy atom. The van der Waals surface area contributed by atoms with Crippen molar-refractivity contribution in [2.75, 3.05) is 13.1 Å². The van der Waals surface area contributed by atoms with E-state index in [0.717, 1.165) is 27.5 Å². The molecule has 0 amide bonds. The van der Waals surface area contributed by atoms with Crippen LogP contribution in [0.25, 0.3) is 10.9 Å². The summed E-state index contributed by atoms with van der Waals surface area (Å²) in [5.74, 6) is -1.13. The predicted molar refractivity (Wildman–Crippen MR) is 87.2 cm³/mol. The van der Waals surface area contributed by atoms with Crippen molar-refractivity contribution >= 4 is 32.8 Å². The van der Waals surface area contributed by atoms with Gasteiger partial charge in [0.15, 0.2) is 0 Å². The molecule has 0 saturated carbocycles. The largest absolute Gasteiger partial charge is 0.481 e. The number of nitrogens with zero attached hydrogens (tertiary/aromatic N) is 2. The third kappa shape index (κ3) is 3.80. The SMILES string of the molecule is CCN(Cc1ccc(Br)c2cccnc12)CC(C)C(=O)O. The monoisotopic (exact) mass is 350 g/mol. The maximum absolute atomic E-state index is 11.0. The fourth-order valence-corrected chi connectivity index (χ4v) is 2.79. The van der Waals surface area contributed by atoms with Gasteiger partial charge in [-0.05, 0) is 24.2 Å². The molecule has 1 atom stereocenters. The summed E-state index contributed by atoms with van der Waals surface area (Å²) < 4.78 is 1.02. The highest BCUT2D eigenvalue weighted by atomic mass is 79.9. The highest BCUT2D eigenvalue weighted by Crippen LogP contribution is 2.26. The van der Waals surface area contributed by atoms with Crippen molar-refractivity contribution in [2.45, 2.75) is 20.4 Å². The van der Waals surface area contributed by atoms with E-state index in [2.05, 4.69) is 25.8 Å². The highest BCUT2D eigenvalue weighted by Gasteiger charge is 2.16. The zero-order valence-corrected chi connectivity index (χ0v) is 13.8. The normalized spacial score (nSPS) is 12.8. The molecular weight excluding hydrogens is 332 g/mol. The molecule has 0 bridgehead atoms. The second kappa shape index (κ2) is 7.00. The summed E-state index contributed by atoms with van der Waals surface area (Å²) in [6.45, 7) is 5.83. The van der Waals surface area contributed by atoms with Gasteiger partial charge in [0.25, 0.3) is 0 Å². The van der Waals surface area contributed by atoms with Gasteiger partial charge in [0.2, 0.25) is 0 Å². The first-order chi connectivity index (χ1) is 10.0. The molecule has 2 aromatic rings. The van der Waals surface area contributed by atoms with E-state index in [4.69, 9.17) is 5.11 Å². The number of pyridine rings is 1. The van der Waals surface area contributed by atoms with Crippen LogP contribution in [0.15, 0.2) is 34.9 Å². The lowest BCUT2D eigenvalue weighted by Gasteiger charge is -2.23. The van der Waals surface area contributed by atoms with Gasteiger partial charge >= 0.3 is 5.97 Å². The molecule has 21 heavy (non-hydrogen) atoms. The Labute approximate surface area is 132 Å². The number of carboxylic acid groups (broad SMARTS) is 1. The Bertz CT molecular complexity index is 645. The quantitative estimate of drug-likeness (QED) is 0.865. The zero-order valence-electron chi connectivity index (χ0n) is 12.2. The first-order valence-corrected chi connectivity index (χ1v) is 7.79. The van der Waals surface area contributed by atoms with Crippen molar-refractivity contribution in [3.05, 3.63) is 40.5 Å².